The van der Waals surface area contributed by atoms with Crippen molar-refractivity contribution < 1.29 is 9.53 Å². The lowest BCUT2D eigenvalue weighted by Gasteiger charge is -2.14. The van der Waals surface area contributed by atoms with Crippen molar-refractivity contribution in [2.45, 2.75) is 32.6 Å². The summed E-state index contributed by atoms with van der Waals surface area (Å²) in [4.78, 5) is 25.1. The Morgan fingerprint density at radius 3 is 2.44 bits per heavy atom. The van der Waals surface area contributed by atoms with Gasteiger partial charge in [-0.2, -0.15) is 0 Å². The highest BCUT2D eigenvalue weighted by atomic mass is 16.5. The number of ether oxygens (including phenoxy) is 1. The van der Waals surface area contributed by atoms with Crippen LogP contribution in [0.3, 0.4) is 0 Å². The first-order valence-electron chi connectivity index (χ1n) is 8.78. The highest BCUT2D eigenvalue weighted by molar-refractivity contribution is 5.94. The number of rotatable bonds is 5. The van der Waals surface area contributed by atoms with Gasteiger partial charge in [-0.15, -0.1) is 0 Å². The van der Waals surface area contributed by atoms with Crippen LogP contribution in [0.15, 0.2) is 59.4 Å². The molecule has 0 spiro atoms. The second kappa shape index (κ2) is 7.47. The van der Waals surface area contributed by atoms with Crippen LogP contribution in [0.1, 0.15) is 38.2 Å². The van der Waals surface area contributed by atoms with E-state index in [1.54, 1.807) is 0 Å². The standard InChI is InChI=1S/C22H22O3/c1-3-13-25-22(24)18(4-2)16-11-12-20-17(14-16)10-9-15-7-5-6-8-19(15)21(20)23/h5-12,14,18H,3-4,13H2,1-2H3. The fourth-order valence-electron chi connectivity index (χ4n) is 3.16. The Hall–Kier alpha value is -2.68. The summed E-state index contributed by atoms with van der Waals surface area (Å²) < 4.78 is 5.32. The fraction of sp³-hybridized carbons (Fsp3) is 0.273. The van der Waals surface area contributed by atoms with E-state index in [1.807, 2.05) is 68.4 Å². The predicted octanol–water partition coefficient (Wildman–Crippen LogP) is 4.80. The molecule has 0 fully saturated rings. The molecule has 3 rings (SSSR count). The largest absolute Gasteiger partial charge is 0.465 e. The maximum absolute atomic E-state index is 12.8. The molecule has 3 aromatic carbocycles. The van der Waals surface area contributed by atoms with Crippen molar-refractivity contribution >= 4 is 27.5 Å². The third-order valence-corrected chi connectivity index (χ3v) is 4.51. The molecule has 0 aliphatic carbocycles. The van der Waals surface area contributed by atoms with Crippen molar-refractivity contribution in [1.29, 1.82) is 0 Å². The lowest BCUT2D eigenvalue weighted by molar-refractivity contribution is -0.145. The van der Waals surface area contributed by atoms with Crippen molar-refractivity contribution in [3.8, 4) is 0 Å². The second-order valence-electron chi connectivity index (χ2n) is 6.22. The van der Waals surface area contributed by atoms with Crippen LogP contribution in [0.2, 0.25) is 0 Å². The lowest BCUT2D eigenvalue weighted by atomic mass is 9.94. The van der Waals surface area contributed by atoms with Gasteiger partial charge in [0.15, 0.2) is 5.43 Å². The van der Waals surface area contributed by atoms with E-state index >= 15 is 0 Å². The van der Waals surface area contributed by atoms with Crippen LogP contribution in [-0.2, 0) is 9.53 Å². The van der Waals surface area contributed by atoms with Gasteiger partial charge in [-0.25, -0.2) is 0 Å². The summed E-state index contributed by atoms with van der Waals surface area (Å²) in [5, 5.41) is 3.14. The summed E-state index contributed by atoms with van der Waals surface area (Å²) in [5.41, 5.74) is 0.912. The molecule has 1 atom stereocenters. The molecule has 0 aliphatic rings. The Balaban J connectivity index is 2.12. The zero-order chi connectivity index (χ0) is 17.8. The first-order chi connectivity index (χ1) is 12.2. The van der Waals surface area contributed by atoms with E-state index < -0.39 is 0 Å². The van der Waals surface area contributed by atoms with Gasteiger partial charge >= 0.3 is 5.97 Å². The predicted molar refractivity (Wildman–Crippen MR) is 102 cm³/mol. The summed E-state index contributed by atoms with van der Waals surface area (Å²) in [7, 11) is 0. The molecule has 0 aromatic heterocycles. The van der Waals surface area contributed by atoms with Gasteiger partial charge in [-0.1, -0.05) is 68.4 Å². The zero-order valence-corrected chi connectivity index (χ0v) is 14.6. The van der Waals surface area contributed by atoms with Crippen molar-refractivity contribution in [3.63, 3.8) is 0 Å². The fourth-order valence-corrected chi connectivity index (χ4v) is 3.16. The SMILES string of the molecule is CCCOC(=O)C(CC)c1ccc2c(=O)c3ccccc3ccc2c1. The van der Waals surface area contributed by atoms with E-state index in [1.165, 1.54) is 0 Å². The van der Waals surface area contributed by atoms with Gasteiger partial charge in [0.25, 0.3) is 0 Å². The van der Waals surface area contributed by atoms with Gasteiger partial charge in [-0.05, 0) is 29.2 Å². The molecule has 0 saturated heterocycles. The van der Waals surface area contributed by atoms with E-state index in [9.17, 15) is 9.59 Å². The highest BCUT2D eigenvalue weighted by Gasteiger charge is 2.20. The number of carbonyl (C=O) groups excluding carboxylic acids is 1. The molecule has 3 nitrogen and oxygen atoms in total. The lowest BCUT2D eigenvalue weighted by Crippen LogP contribution is -2.16. The molecule has 0 N–H and O–H groups in total. The third-order valence-electron chi connectivity index (χ3n) is 4.51. The summed E-state index contributed by atoms with van der Waals surface area (Å²) in [6.07, 6.45) is 1.47. The van der Waals surface area contributed by atoms with E-state index in [2.05, 4.69) is 0 Å². The van der Waals surface area contributed by atoms with Crippen LogP contribution < -0.4 is 5.43 Å². The van der Waals surface area contributed by atoms with Gasteiger partial charge in [0.05, 0.1) is 12.5 Å². The first-order valence-corrected chi connectivity index (χ1v) is 8.78. The minimum atomic E-state index is -0.300. The quantitative estimate of drug-likeness (QED) is 0.630. The van der Waals surface area contributed by atoms with Gasteiger partial charge < -0.3 is 4.74 Å². The summed E-state index contributed by atoms with van der Waals surface area (Å²) in [5.74, 6) is -0.498. The second-order valence-corrected chi connectivity index (χ2v) is 6.22. The molecule has 0 saturated carbocycles. The van der Waals surface area contributed by atoms with E-state index in [0.29, 0.717) is 23.8 Å². The maximum Gasteiger partial charge on any atom is 0.313 e. The number of hydrogen-bond donors (Lipinski definition) is 0. The number of carbonyl (C=O) groups is 1. The topological polar surface area (TPSA) is 43.4 Å². The van der Waals surface area contributed by atoms with Crippen LogP contribution in [0, 0.1) is 0 Å². The molecule has 0 radical (unpaired) electrons. The van der Waals surface area contributed by atoms with Crippen LogP contribution in [0.5, 0.6) is 0 Å². The van der Waals surface area contributed by atoms with Crippen LogP contribution >= 0.6 is 0 Å². The maximum atomic E-state index is 12.8. The van der Waals surface area contributed by atoms with Crippen molar-refractivity contribution in [1.82, 2.24) is 0 Å². The van der Waals surface area contributed by atoms with E-state index in [-0.39, 0.29) is 17.3 Å². The molecular weight excluding hydrogens is 312 g/mol. The molecule has 0 amide bonds. The molecule has 3 aromatic rings. The molecular formula is C22H22O3. The Morgan fingerprint density at radius 1 is 0.960 bits per heavy atom. The number of hydrogen-bond acceptors (Lipinski definition) is 3. The normalized spacial score (nSPS) is 12.2. The number of esters is 1. The monoisotopic (exact) mass is 334 g/mol. The molecule has 1 unspecified atom stereocenters. The summed E-state index contributed by atoms with van der Waals surface area (Å²) >= 11 is 0. The van der Waals surface area contributed by atoms with E-state index in [0.717, 1.165) is 22.8 Å². The van der Waals surface area contributed by atoms with Gasteiger partial charge in [0.1, 0.15) is 0 Å². The molecule has 0 heterocycles. The van der Waals surface area contributed by atoms with Gasteiger partial charge in [0, 0.05) is 10.8 Å². The average Bonchev–Trinajstić information content (AvgIpc) is 2.78. The molecule has 3 heteroatoms. The first kappa shape index (κ1) is 17.2. The minimum Gasteiger partial charge on any atom is -0.465 e. The third kappa shape index (κ3) is 3.41. The minimum absolute atomic E-state index is 0.0174. The highest BCUT2D eigenvalue weighted by Crippen LogP contribution is 2.25. The van der Waals surface area contributed by atoms with Crippen LogP contribution in [-0.4, -0.2) is 12.6 Å². The summed E-state index contributed by atoms with van der Waals surface area (Å²) in [6.45, 7) is 4.39. The Morgan fingerprint density at radius 2 is 1.68 bits per heavy atom. The van der Waals surface area contributed by atoms with Crippen LogP contribution in [0.4, 0.5) is 0 Å². The molecule has 0 bridgehead atoms. The number of fused-ring (bicyclic) bond motifs is 2. The van der Waals surface area contributed by atoms with Gasteiger partial charge in [-0.3, -0.25) is 9.59 Å². The van der Waals surface area contributed by atoms with E-state index in [4.69, 9.17) is 4.74 Å². The average molecular weight is 334 g/mol. The Labute approximate surface area is 147 Å². The molecule has 128 valence electrons. The number of benzene rings is 2. The smallest absolute Gasteiger partial charge is 0.313 e. The molecule has 25 heavy (non-hydrogen) atoms. The van der Waals surface area contributed by atoms with Crippen molar-refractivity contribution in [2.75, 3.05) is 6.61 Å². The van der Waals surface area contributed by atoms with Crippen molar-refractivity contribution in [2.24, 2.45) is 0 Å². The van der Waals surface area contributed by atoms with Crippen molar-refractivity contribution in [3.05, 3.63) is 70.4 Å². The molecule has 0 aliphatic heterocycles. The zero-order valence-electron chi connectivity index (χ0n) is 14.6. The Kier molecular flexibility index (Phi) is 5.13. The van der Waals surface area contributed by atoms with Gasteiger partial charge in [0.2, 0.25) is 0 Å². The van der Waals surface area contributed by atoms with Crippen LogP contribution in [0.25, 0.3) is 21.5 Å². The summed E-state index contributed by atoms with van der Waals surface area (Å²) in [6, 6.07) is 17.1. The Bertz CT molecular complexity index is 975.